The average Bonchev–Trinajstić information content (AvgIpc) is 2.55. The number of nitrogens with one attached hydrogen (secondary N) is 2. The van der Waals surface area contributed by atoms with Crippen LogP contribution in [0.5, 0.6) is 0 Å². The summed E-state index contributed by atoms with van der Waals surface area (Å²) in [6, 6.07) is 7.05. The molecule has 86 valence electrons. The van der Waals surface area contributed by atoms with Crippen molar-refractivity contribution < 1.29 is 0 Å². The van der Waals surface area contributed by atoms with Crippen LogP contribution in [0.1, 0.15) is 26.2 Å². The van der Waals surface area contributed by atoms with Gasteiger partial charge in [-0.05, 0) is 31.0 Å². The van der Waals surface area contributed by atoms with E-state index >= 15 is 0 Å². The summed E-state index contributed by atoms with van der Waals surface area (Å²) in [5.41, 5.74) is 2.88. The number of hydrogen-bond donors (Lipinski definition) is 2. The maximum absolute atomic E-state index is 3.71. The Morgan fingerprint density at radius 2 is 2.25 bits per heavy atom. The van der Waals surface area contributed by atoms with E-state index in [-0.39, 0.29) is 0 Å². The van der Waals surface area contributed by atoms with Crippen LogP contribution in [0.25, 0.3) is 0 Å². The third-order valence-corrected chi connectivity index (χ3v) is 4.57. The van der Waals surface area contributed by atoms with Gasteiger partial charge in [0.15, 0.2) is 0 Å². The summed E-state index contributed by atoms with van der Waals surface area (Å²) in [6.45, 7) is 3.47. The highest BCUT2D eigenvalue weighted by Crippen LogP contribution is 2.43. The molecule has 0 aromatic heterocycles. The molecule has 1 saturated carbocycles. The summed E-state index contributed by atoms with van der Waals surface area (Å²) in [6.07, 6.45) is 3.97. The van der Waals surface area contributed by atoms with Crippen molar-refractivity contribution in [2.45, 2.75) is 32.2 Å². The van der Waals surface area contributed by atoms with Crippen molar-refractivity contribution in [1.82, 2.24) is 0 Å². The third kappa shape index (κ3) is 1.61. The van der Waals surface area contributed by atoms with Gasteiger partial charge in [0, 0.05) is 22.5 Å². The zero-order valence-corrected chi connectivity index (χ0v) is 11.1. The van der Waals surface area contributed by atoms with Gasteiger partial charge in [0.05, 0.1) is 11.4 Å². The minimum absolute atomic E-state index is 0.408. The predicted molar refractivity (Wildman–Crippen MR) is 72.0 cm³/mol. The van der Waals surface area contributed by atoms with Crippen LogP contribution >= 0.6 is 15.9 Å². The highest BCUT2D eigenvalue weighted by molar-refractivity contribution is 9.10. The monoisotopic (exact) mass is 280 g/mol. The molecule has 0 amide bonds. The molecule has 1 fully saturated rings. The van der Waals surface area contributed by atoms with Crippen LogP contribution in [0.2, 0.25) is 0 Å². The summed E-state index contributed by atoms with van der Waals surface area (Å²) < 4.78 is 1.14. The highest BCUT2D eigenvalue weighted by Gasteiger charge is 2.40. The van der Waals surface area contributed by atoms with E-state index in [1.807, 2.05) is 0 Å². The Hall–Kier alpha value is -0.700. The lowest BCUT2D eigenvalue weighted by Gasteiger charge is -2.29. The van der Waals surface area contributed by atoms with Gasteiger partial charge in [-0.1, -0.05) is 29.3 Å². The van der Waals surface area contributed by atoms with Crippen LogP contribution in [0.4, 0.5) is 11.4 Å². The van der Waals surface area contributed by atoms with Gasteiger partial charge >= 0.3 is 0 Å². The van der Waals surface area contributed by atoms with Gasteiger partial charge in [0.1, 0.15) is 0 Å². The summed E-state index contributed by atoms with van der Waals surface area (Å²) in [5.74, 6) is 0. The van der Waals surface area contributed by atoms with Crippen LogP contribution < -0.4 is 10.6 Å². The summed E-state index contributed by atoms with van der Waals surface area (Å²) in [4.78, 5) is 0. The van der Waals surface area contributed by atoms with E-state index in [1.54, 1.807) is 0 Å². The molecule has 1 aliphatic carbocycles. The molecule has 3 rings (SSSR count). The Labute approximate surface area is 105 Å². The van der Waals surface area contributed by atoms with E-state index in [2.05, 4.69) is 51.7 Å². The van der Waals surface area contributed by atoms with Gasteiger partial charge in [0.2, 0.25) is 0 Å². The normalized spacial score (nSPS) is 32.0. The lowest BCUT2D eigenvalue weighted by atomic mass is 9.85. The highest BCUT2D eigenvalue weighted by atomic mass is 79.9. The first-order valence-corrected chi connectivity index (χ1v) is 6.77. The van der Waals surface area contributed by atoms with Gasteiger partial charge in [-0.2, -0.15) is 0 Å². The number of anilines is 2. The summed E-state index contributed by atoms with van der Waals surface area (Å²) in [7, 11) is 0. The van der Waals surface area contributed by atoms with Crippen LogP contribution in [-0.4, -0.2) is 12.6 Å². The van der Waals surface area contributed by atoms with Crippen LogP contribution in [0.15, 0.2) is 22.7 Å². The SMILES string of the molecule is CC12CCCC1Nc1ccc(Br)cc1NC2. The van der Waals surface area contributed by atoms with Gasteiger partial charge in [0.25, 0.3) is 0 Å². The Bertz CT molecular complexity index is 418. The minimum Gasteiger partial charge on any atom is -0.383 e. The fourth-order valence-electron chi connectivity index (χ4n) is 2.96. The van der Waals surface area contributed by atoms with E-state index in [1.165, 1.54) is 30.6 Å². The second-order valence-electron chi connectivity index (χ2n) is 5.29. The number of hydrogen-bond acceptors (Lipinski definition) is 2. The van der Waals surface area contributed by atoms with Crippen molar-refractivity contribution in [3.8, 4) is 0 Å². The smallest absolute Gasteiger partial charge is 0.0587 e. The second kappa shape index (κ2) is 3.66. The molecule has 16 heavy (non-hydrogen) atoms. The van der Waals surface area contributed by atoms with E-state index in [0.717, 1.165) is 11.0 Å². The van der Waals surface area contributed by atoms with E-state index in [4.69, 9.17) is 0 Å². The molecule has 1 aliphatic heterocycles. The quantitative estimate of drug-likeness (QED) is 0.755. The Morgan fingerprint density at radius 3 is 3.12 bits per heavy atom. The van der Waals surface area contributed by atoms with Crippen LogP contribution in [0.3, 0.4) is 0 Å². The number of rotatable bonds is 0. The third-order valence-electron chi connectivity index (χ3n) is 4.08. The van der Waals surface area contributed by atoms with Gasteiger partial charge < -0.3 is 10.6 Å². The van der Waals surface area contributed by atoms with E-state index < -0.39 is 0 Å². The molecule has 2 aliphatic rings. The molecule has 2 unspecified atom stereocenters. The molecule has 2 atom stereocenters. The predicted octanol–water partition coefficient (Wildman–Crippen LogP) is 3.85. The number of benzene rings is 1. The Kier molecular flexibility index (Phi) is 2.39. The molecule has 1 heterocycles. The first-order valence-electron chi connectivity index (χ1n) is 5.97. The topological polar surface area (TPSA) is 24.1 Å². The lowest BCUT2D eigenvalue weighted by molar-refractivity contribution is 0.335. The van der Waals surface area contributed by atoms with Gasteiger partial charge in [-0.3, -0.25) is 0 Å². The van der Waals surface area contributed by atoms with E-state index in [0.29, 0.717) is 11.5 Å². The maximum atomic E-state index is 3.71. The van der Waals surface area contributed by atoms with Crippen molar-refractivity contribution in [1.29, 1.82) is 0 Å². The van der Waals surface area contributed by atoms with Crippen molar-refractivity contribution in [2.24, 2.45) is 5.41 Å². The first kappa shape index (κ1) is 10.5. The second-order valence-corrected chi connectivity index (χ2v) is 6.20. The molecule has 0 radical (unpaired) electrons. The average molecular weight is 281 g/mol. The summed E-state index contributed by atoms with van der Waals surface area (Å²) >= 11 is 3.52. The molecule has 2 N–H and O–H groups in total. The van der Waals surface area contributed by atoms with E-state index in [9.17, 15) is 0 Å². The summed E-state index contributed by atoms with van der Waals surface area (Å²) in [5, 5.41) is 7.29. The minimum atomic E-state index is 0.408. The largest absolute Gasteiger partial charge is 0.383 e. The standard InChI is InChI=1S/C13H17BrN2/c1-13-6-2-3-12(13)16-10-5-4-9(14)7-11(10)15-8-13/h4-5,7,12,15-16H,2-3,6,8H2,1H3. The van der Waals surface area contributed by atoms with Crippen molar-refractivity contribution in [2.75, 3.05) is 17.2 Å². The van der Waals surface area contributed by atoms with Crippen molar-refractivity contribution >= 4 is 27.3 Å². The molecule has 0 saturated heterocycles. The Balaban J connectivity index is 1.97. The fourth-order valence-corrected chi connectivity index (χ4v) is 3.33. The molecule has 1 aromatic rings. The van der Waals surface area contributed by atoms with Gasteiger partial charge in [-0.25, -0.2) is 0 Å². The van der Waals surface area contributed by atoms with Crippen molar-refractivity contribution in [3.63, 3.8) is 0 Å². The maximum Gasteiger partial charge on any atom is 0.0587 e. The molecule has 0 bridgehead atoms. The van der Waals surface area contributed by atoms with Gasteiger partial charge in [-0.15, -0.1) is 0 Å². The molecular weight excluding hydrogens is 264 g/mol. The zero-order valence-electron chi connectivity index (χ0n) is 9.52. The molecule has 2 nitrogen and oxygen atoms in total. The number of halogens is 1. The fraction of sp³-hybridized carbons (Fsp3) is 0.538. The van der Waals surface area contributed by atoms with Crippen LogP contribution in [0, 0.1) is 5.41 Å². The zero-order chi connectivity index (χ0) is 11.2. The lowest BCUT2D eigenvalue weighted by Crippen LogP contribution is -2.36. The molecular formula is C13H17BrN2. The molecule has 3 heteroatoms. The number of fused-ring (bicyclic) bond motifs is 2. The molecule has 0 spiro atoms. The first-order chi connectivity index (χ1) is 7.67. The Morgan fingerprint density at radius 1 is 1.38 bits per heavy atom. The van der Waals surface area contributed by atoms with Crippen LogP contribution in [-0.2, 0) is 0 Å². The molecule has 1 aromatic carbocycles. The van der Waals surface area contributed by atoms with Crippen molar-refractivity contribution in [3.05, 3.63) is 22.7 Å².